The highest BCUT2D eigenvalue weighted by molar-refractivity contribution is 5.21. The molecule has 35 heavy (non-hydrogen) atoms. The second-order valence-electron chi connectivity index (χ2n) is 8.71. The number of hydrogen-bond acceptors (Lipinski definition) is 11. The van der Waals surface area contributed by atoms with Crippen LogP contribution in [0.5, 0.6) is 0 Å². The smallest absolute Gasteiger partial charge is 0.233 e. The minimum absolute atomic E-state index is 0.148. The summed E-state index contributed by atoms with van der Waals surface area (Å²) in [5.41, 5.74) is -4.03. The van der Waals surface area contributed by atoms with Crippen LogP contribution in [-0.2, 0) is 18.9 Å². The maximum atomic E-state index is 12.0. The molecule has 0 unspecified atom stereocenters. The molecule has 0 aliphatic carbocycles. The first-order valence-corrected chi connectivity index (χ1v) is 11.3. The highest BCUT2D eigenvalue weighted by Gasteiger charge is 2.75. The van der Waals surface area contributed by atoms with Crippen molar-refractivity contribution in [3.8, 4) is 0 Å². The molecule has 0 spiro atoms. The van der Waals surface area contributed by atoms with Crippen LogP contribution in [0, 0.1) is 0 Å². The molecule has 2 heterocycles. The van der Waals surface area contributed by atoms with Crippen molar-refractivity contribution in [2.75, 3.05) is 19.8 Å². The van der Waals surface area contributed by atoms with Crippen LogP contribution >= 0.6 is 0 Å². The summed E-state index contributed by atoms with van der Waals surface area (Å²) in [7, 11) is 0. The van der Waals surface area contributed by atoms with Gasteiger partial charge in [-0.15, -0.1) is 26.3 Å². The van der Waals surface area contributed by atoms with Gasteiger partial charge in [-0.2, -0.15) is 0 Å². The zero-order chi connectivity index (χ0) is 26.4. The van der Waals surface area contributed by atoms with Crippen LogP contribution in [0.4, 0.5) is 0 Å². The van der Waals surface area contributed by atoms with Gasteiger partial charge in [0.15, 0.2) is 11.9 Å². The molecule has 2 rings (SSSR count). The monoisotopic (exact) mass is 502 g/mol. The topological polar surface area (TPSA) is 179 Å². The van der Waals surface area contributed by atoms with E-state index < -0.39 is 73.1 Å². The summed E-state index contributed by atoms with van der Waals surface area (Å²) in [5.74, 6) is -2.39. The number of hydrogen-bond donors (Lipinski definition) is 7. The molecule has 0 radical (unpaired) electrons. The Kier molecular flexibility index (Phi) is 10.3. The normalized spacial score (nSPS) is 39.8. The lowest BCUT2D eigenvalue weighted by atomic mass is 9.72. The fourth-order valence-electron chi connectivity index (χ4n) is 4.82. The first kappa shape index (κ1) is 29.7. The maximum absolute atomic E-state index is 12.0. The zero-order valence-corrected chi connectivity index (χ0v) is 19.7. The van der Waals surface area contributed by atoms with Gasteiger partial charge < -0.3 is 54.7 Å². The predicted molar refractivity (Wildman–Crippen MR) is 124 cm³/mol. The minimum atomic E-state index is -2.39. The van der Waals surface area contributed by atoms with Gasteiger partial charge >= 0.3 is 0 Å². The average molecular weight is 503 g/mol. The molecule has 0 aromatic rings. The molecule has 2 fully saturated rings. The van der Waals surface area contributed by atoms with Gasteiger partial charge in [0.2, 0.25) is 5.79 Å². The quantitative estimate of drug-likeness (QED) is 0.140. The number of rotatable bonds is 14. The number of aliphatic hydroxyl groups is 7. The summed E-state index contributed by atoms with van der Waals surface area (Å²) >= 11 is 0. The molecule has 0 amide bonds. The minimum Gasteiger partial charge on any atom is -0.394 e. The van der Waals surface area contributed by atoms with Gasteiger partial charge in [-0.3, -0.25) is 0 Å². The van der Waals surface area contributed by atoms with E-state index in [9.17, 15) is 35.7 Å². The summed E-state index contributed by atoms with van der Waals surface area (Å²) < 4.78 is 23.8. The van der Waals surface area contributed by atoms with Gasteiger partial charge in [0.05, 0.1) is 19.8 Å². The molecular weight excluding hydrogens is 464 g/mol. The van der Waals surface area contributed by atoms with Gasteiger partial charge in [0.25, 0.3) is 0 Å². The van der Waals surface area contributed by atoms with Gasteiger partial charge in [-0.25, -0.2) is 0 Å². The van der Waals surface area contributed by atoms with E-state index in [4.69, 9.17) is 18.9 Å². The Labute approximate surface area is 204 Å². The van der Waals surface area contributed by atoms with E-state index in [2.05, 4.69) is 26.3 Å². The second kappa shape index (κ2) is 12.2. The SMILES string of the molecule is C=CCO[C@@]1(CC=C)[C@H](O)[C@@H](CO)O[C@]1(O[C@H]1O[C@H](CO)[C@@H](O)[C@H](O)[C@H]1O)C(O)(CC=C)CC=C. The molecule has 0 aromatic carbocycles. The molecule has 11 heteroatoms. The van der Waals surface area contributed by atoms with Crippen molar-refractivity contribution in [3.05, 3.63) is 50.6 Å². The van der Waals surface area contributed by atoms with E-state index in [1.807, 2.05) is 0 Å². The summed E-state index contributed by atoms with van der Waals surface area (Å²) in [5, 5.41) is 74.0. The largest absolute Gasteiger partial charge is 0.394 e. The third-order valence-corrected chi connectivity index (χ3v) is 6.50. The molecule has 0 bridgehead atoms. The average Bonchev–Trinajstić information content (AvgIpc) is 3.07. The number of aliphatic hydroxyl groups excluding tert-OH is 6. The summed E-state index contributed by atoms with van der Waals surface area (Å²) in [6.07, 6.45) is -6.39. The fraction of sp³-hybridized carbons (Fsp3) is 0.667. The maximum Gasteiger partial charge on any atom is 0.233 e. The van der Waals surface area contributed by atoms with Crippen LogP contribution in [-0.4, -0.2) is 115 Å². The van der Waals surface area contributed by atoms with Crippen molar-refractivity contribution in [2.45, 2.75) is 79.2 Å². The standard InChI is InChI=1S/C24H38O11/c1-5-9-22(31,10-6-2)24(35-21-19(29)18(28)17(27)15(13-25)33-21)23(11-7-3,32-12-8-4)20(30)16(14-26)34-24/h5-8,15-21,25-31H,1-4,9-14H2/t15-,16-,17-,18+,19-,20-,21-,23+,24+/m1/s1. The Morgan fingerprint density at radius 1 is 0.829 bits per heavy atom. The molecular formula is C24H38O11. The first-order valence-electron chi connectivity index (χ1n) is 11.3. The second-order valence-corrected chi connectivity index (χ2v) is 8.71. The van der Waals surface area contributed by atoms with Gasteiger partial charge in [0.1, 0.15) is 42.2 Å². The number of ether oxygens (including phenoxy) is 4. The van der Waals surface area contributed by atoms with Crippen molar-refractivity contribution in [1.29, 1.82) is 0 Å². The van der Waals surface area contributed by atoms with Gasteiger partial charge in [-0.1, -0.05) is 24.3 Å². The summed E-state index contributed by atoms with van der Waals surface area (Å²) in [6, 6.07) is 0. The molecule has 9 atom stereocenters. The van der Waals surface area contributed by atoms with Gasteiger partial charge in [-0.05, 0) is 12.8 Å². The van der Waals surface area contributed by atoms with Gasteiger partial charge in [0, 0.05) is 6.42 Å². The van der Waals surface area contributed by atoms with Crippen molar-refractivity contribution >= 4 is 0 Å². The van der Waals surface area contributed by atoms with Crippen molar-refractivity contribution in [1.82, 2.24) is 0 Å². The molecule has 0 saturated carbocycles. The lowest BCUT2D eigenvalue weighted by Gasteiger charge is -2.54. The summed E-state index contributed by atoms with van der Waals surface area (Å²) in [6.45, 7) is 13.1. The Balaban J connectivity index is 2.79. The molecule has 0 aromatic heterocycles. The van der Waals surface area contributed by atoms with E-state index in [0.717, 1.165) is 0 Å². The molecule has 200 valence electrons. The van der Waals surface area contributed by atoms with Crippen molar-refractivity contribution in [3.63, 3.8) is 0 Å². The molecule has 2 aliphatic heterocycles. The fourth-order valence-corrected chi connectivity index (χ4v) is 4.82. The lowest BCUT2D eigenvalue weighted by molar-refractivity contribution is -0.431. The van der Waals surface area contributed by atoms with Crippen LogP contribution in [0.1, 0.15) is 19.3 Å². The highest BCUT2D eigenvalue weighted by atomic mass is 16.8. The lowest BCUT2D eigenvalue weighted by Crippen LogP contribution is -2.73. The molecule has 2 saturated heterocycles. The summed E-state index contributed by atoms with van der Waals surface area (Å²) in [4.78, 5) is 0. The zero-order valence-electron chi connectivity index (χ0n) is 19.7. The van der Waals surface area contributed by atoms with Crippen LogP contribution in [0.25, 0.3) is 0 Å². The van der Waals surface area contributed by atoms with Crippen molar-refractivity contribution in [2.24, 2.45) is 0 Å². The van der Waals surface area contributed by atoms with Crippen LogP contribution < -0.4 is 0 Å². The van der Waals surface area contributed by atoms with Crippen molar-refractivity contribution < 1.29 is 54.7 Å². The van der Waals surface area contributed by atoms with E-state index in [1.165, 1.54) is 24.3 Å². The third kappa shape index (κ3) is 5.04. The molecule has 7 N–H and O–H groups in total. The Morgan fingerprint density at radius 2 is 1.43 bits per heavy atom. The van der Waals surface area contributed by atoms with Crippen LogP contribution in [0.15, 0.2) is 50.6 Å². The molecule has 2 aliphatic rings. The highest BCUT2D eigenvalue weighted by Crippen LogP contribution is 2.55. The van der Waals surface area contributed by atoms with Crippen LogP contribution in [0.2, 0.25) is 0 Å². The van der Waals surface area contributed by atoms with E-state index in [1.54, 1.807) is 0 Å². The van der Waals surface area contributed by atoms with E-state index in [0.29, 0.717) is 0 Å². The van der Waals surface area contributed by atoms with E-state index in [-0.39, 0.29) is 25.9 Å². The Hall–Kier alpha value is -1.48. The predicted octanol–water partition coefficient (Wildman–Crippen LogP) is -1.35. The van der Waals surface area contributed by atoms with Crippen LogP contribution in [0.3, 0.4) is 0 Å². The molecule has 11 nitrogen and oxygen atoms in total. The first-order chi connectivity index (χ1) is 16.6. The van der Waals surface area contributed by atoms with E-state index >= 15 is 0 Å². The Bertz CT molecular complexity index is 733. The third-order valence-electron chi connectivity index (χ3n) is 6.50. The Morgan fingerprint density at radius 3 is 1.91 bits per heavy atom.